The van der Waals surface area contributed by atoms with Crippen LogP contribution < -0.4 is 9.47 Å². The van der Waals surface area contributed by atoms with Gasteiger partial charge in [0.2, 0.25) is 0 Å². The number of hydrogen-bond donors (Lipinski definition) is 0. The Morgan fingerprint density at radius 1 is 1.53 bits per heavy atom. The molecule has 0 N–H and O–H groups in total. The lowest BCUT2D eigenvalue weighted by Crippen LogP contribution is -2.18. The standard InChI is InChI=1S/C8H4ClF3INO3/c1-16-6-4(13)3(17-8(10,11)12)2-14-5(6)7(9)15/h2H,1H3. The van der Waals surface area contributed by atoms with Crippen LogP contribution in [0.5, 0.6) is 11.5 Å². The number of nitrogens with zero attached hydrogens (tertiary/aromatic N) is 1. The summed E-state index contributed by atoms with van der Waals surface area (Å²) < 4.78 is 44.5. The van der Waals surface area contributed by atoms with Gasteiger partial charge in [0.1, 0.15) is 3.57 Å². The molecule has 0 atom stereocenters. The maximum atomic E-state index is 12.0. The number of carbonyl (C=O) groups excluding carboxylic acids is 1. The first-order chi connectivity index (χ1) is 7.76. The van der Waals surface area contributed by atoms with Gasteiger partial charge in [-0.25, -0.2) is 4.98 Å². The van der Waals surface area contributed by atoms with Gasteiger partial charge in [0.15, 0.2) is 17.2 Å². The summed E-state index contributed by atoms with van der Waals surface area (Å²) in [6.45, 7) is 0. The fraction of sp³-hybridized carbons (Fsp3) is 0.250. The number of hydrogen-bond acceptors (Lipinski definition) is 4. The van der Waals surface area contributed by atoms with Crippen molar-refractivity contribution in [1.82, 2.24) is 4.98 Å². The van der Waals surface area contributed by atoms with Crippen molar-refractivity contribution in [2.24, 2.45) is 0 Å². The second kappa shape index (κ2) is 5.25. The second-order valence-electron chi connectivity index (χ2n) is 2.64. The number of alkyl halides is 3. The molecule has 0 aliphatic rings. The summed E-state index contributed by atoms with van der Waals surface area (Å²) in [5.41, 5.74) is -0.270. The highest BCUT2D eigenvalue weighted by atomic mass is 127. The molecule has 0 spiro atoms. The molecule has 0 bridgehead atoms. The summed E-state index contributed by atoms with van der Waals surface area (Å²) in [5, 5.41) is -0.932. The summed E-state index contributed by atoms with van der Waals surface area (Å²) in [4.78, 5) is 14.4. The average molecular weight is 381 g/mol. The van der Waals surface area contributed by atoms with Crippen molar-refractivity contribution in [3.8, 4) is 11.5 Å². The van der Waals surface area contributed by atoms with E-state index in [4.69, 9.17) is 16.3 Å². The number of ether oxygens (including phenoxy) is 2. The Hall–Kier alpha value is -0.770. The molecule has 0 saturated heterocycles. The van der Waals surface area contributed by atoms with E-state index in [2.05, 4.69) is 9.72 Å². The van der Waals surface area contributed by atoms with Gasteiger partial charge in [-0.3, -0.25) is 4.79 Å². The maximum absolute atomic E-state index is 12.0. The molecule has 1 aromatic rings. The minimum Gasteiger partial charge on any atom is -0.493 e. The first kappa shape index (κ1) is 14.3. The van der Waals surface area contributed by atoms with Gasteiger partial charge in [0.05, 0.1) is 13.3 Å². The van der Waals surface area contributed by atoms with Gasteiger partial charge in [-0.1, -0.05) is 0 Å². The SMILES string of the molecule is COc1c(C(=O)Cl)ncc(OC(F)(F)F)c1I. The third-order valence-electron chi connectivity index (χ3n) is 1.56. The predicted molar refractivity (Wildman–Crippen MR) is 60.4 cm³/mol. The zero-order valence-corrected chi connectivity index (χ0v) is 11.1. The Kier molecular flexibility index (Phi) is 4.42. The zero-order valence-electron chi connectivity index (χ0n) is 8.14. The Labute approximate surface area is 112 Å². The Bertz CT molecular complexity index is 452. The Balaban J connectivity index is 3.25. The van der Waals surface area contributed by atoms with Crippen LogP contribution >= 0.6 is 34.2 Å². The molecule has 4 nitrogen and oxygen atoms in total. The summed E-state index contributed by atoms with van der Waals surface area (Å²) >= 11 is 6.74. The maximum Gasteiger partial charge on any atom is 0.573 e. The highest BCUT2D eigenvalue weighted by Crippen LogP contribution is 2.35. The normalized spacial score (nSPS) is 11.2. The van der Waals surface area contributed by atoms with E-state index in [0.29, 0.717) is 0 Å². The molecule has 94 valence electrons. The van der Waals surface area contributed by atoms with Crippen molar-refractivity contribution in [3.05, 3.63) is 15.5 Å². The van der Waals surface area contributed by atoms with Crippen molar-refractivity contribution in [3.63, 3.8) is 0 Å². The number of pyridine rings is 1. The minimum absolute atomic E-state index is 0.0403. The number of carbonyl (C=O) groups is 1. The molecule has 1 rings (SSSR count). The van der Waals surface area contributed by atoms with Crippen LogP contribution in [0, 0.1) is 3.57 Å². The molecular weight excluding hydrogens is 377 g/mol. The van der Waals surface area contributed by atoms with E-state index in [1.54, 1.807) is 0 Å². The molecule has 0 amide bonds. The summed E-state index contributed by atoms with van der Waals surface area (Å²) in [6, 6.07) is 0. The third kappa shape index (κ3) is 3.60. The number of methoxy groups -OCH3 is 1. The average Bonchev–Trinajstić information content (AvgIpc) is 2.18. The van der Waals surface area contributed by atoms with E-state index in [9.17, 15) is 18.0 Å². The molecule has 1 aromatic heterocycles. The van der Waals surface area contributed by atoms with Crippen molar-refractivity contribution in [2.75, 3.05) is 7.11 Å². The largest absolute Gasteiger partial charge is 0.573 e. The van der Waals surface area contributed by atoms with Gasteiger partial charge in [-0.2, -0.15) is 0 Å². The van der Waals surface area contributed by atoms with Crippen LogP contribution in [0.15, 0.2) is 6.20 Å². The number of rotatable bonds is 3. The molecule has 0 aliphatic heterocycles. The third-order valence-corrected chi connectivity index (χ3v) is 2.76. The fourth-order valence-electron chi connectivity index (χ4n) is 0.976. The summed E-state index contributed by atoms with van der Waals surface area (Å²) in [5.74, 6) is -0.719. The van der Waals surface area contributed by atoms with Gasteiger partial charge in [-0.15, -0.1) is 13.2 Å². The number of halogens is 5. The van der Waals surface area contributed by atoms with Gasteiger partial charge in [0, 0.05) is 0 Å². The van der Waals surface area contributed by atoms with E-state index in [-0.39, 0.29) is 15.0 Å². The summed E-state index contributed by atoms with van der Waals surface area (Å²) in [6.07, 6.45) is -4.09. The van der Waals surface area contributed by atoms with Crippen LogP contribution in [0.4, 0.5) is 13.2 Å². The second-order valence-corrected chi connectivity index (χ2v) is 4.06. The van der Waals surface area contributed by atoms with Gasteiger partial charge in [0.25, 0.3) is 5.24 Å². The van der Waals surface area contributed by atoms with Gasteiger partial charge < -0.3 is 9.47 Å². The molecule has 0 saturated carbocycles. The molecular formula is C8H4ClF3INO3. The van der Waals surface area contributed by atoms with Crippen LogP contribution in [0.3, 0.4) is 0 Å². The molecule has 0 aliphatic carbocycles. The van der Waals surface area contributed by atoms with E-state index in [0.717, 1.165) is 6.20 Å². The Morgan fingerprint density at radius 2 is 2.12 bits per heavy atom. The lowest BCUT2D eigenvalue weighted by atomic mass is 10.3. The smallest absolute Gasteiger partial charge is 0.493 e. The zero-order chi connectivity index (χ0) is 13.2. The van der Waals surface area contributed by atoms with E-state index < -0.39 is 17.4 Å². The molecule has 0 aromatic carbocycles. The highest BCUT2D eigenvalue weighted by Gasteiger charge is 2.33. The van der Waals surface area contributed by atoms with Gasteiger partial charge in [-0.05, 0) is 34.2 Å². The van der Waals surface area contributed by atoms with Crippen molar-refractivity contribution < 1.29 is 27.4 Å². The lowest BCUT2D eigenvalue weighted by Gasteiger charge is -2.13. The van der Waals surface area contributed by atoms with E-state index in [1.807, 2.05) is 0 Å². The van der Waals surface area contributed by atoms with Gasteiger partial charge >= 0.3 is 6.36 Å². The molecule has 0 radical (unpaired) electrons. The first-order valence-electron chi connectivity index (χ1n) is 3.94. The molecule has 1 heterocycles. The first-order valence-corrected chi connectivity index (χ1v) is 5.40. The van der Waals surface area contributed by atoms with Crippen molar-refractivity contribution in [2.45, 2.75) is 6.36 Å². The molecule has 0 fully saturated rings. The van der Waals surface area contributed by atoms with Crippen LogP contribution in [-0.2, 0) is 0 Å². The predicted octanol–water partition coefficient (Wildman–Crippen LogP) is 2.97. The minimum atomic E-state index is -4.85. The fourth-order valence-corrected chi connectivity index (χ4v) is 1.84. The molecule has 9 heteroatoms. The van der Waals surface area contributed by atoms with Crippen LogP contribution in [-0.4, -0.2) is 23.7 Å². The van der Waals surface area contributed by atoms with Crippen LogP contribution in [0.25, 0.3) is 0 Å². The van der Waals surface area contributed by atoms with Crippen LogP contribution in [0.1, 0.15) is 10.5 Å². The molecule has 0 unspecified atom stereocenters. The monoisotopic (exact) mass is 381 g/mol. The van der Waals surface area contributed by atoms with Crippen molar-refractivity contribution >= 4 is 39.4 Å². The quantitative estimate of drug-likeness (QED) is 0.597. The highest BCUT2D eigenvalue weighted by molar-refractivity contribution is 14.1. The Morgan fingerprint density at radius 3 is 2.53 bits per heavy atom. The van der Waals surface area contributed by atoms with Crippen molar-refractivity contribution in [1.29, 1.82) is 0 Å². The topological polar surface area (TPSA) is 48.4 Å². The van der Waals surface area contributed by atoms with E-state index >= 15 is 0 Å². The summed E-state index contributed by atoms with van der Waals surface area (Å²) in [7, 11) is 1.18. The lowest BCUT2D eigenvalue weighted by molar-refractivity contribution is -0.275. The van der Waals surface area contributed by atoms with E-state index in [1.165, 1.54) is 29.7 Å². The van der Waals surface area contributed by atoms with Crippen LogP contribution in [0.2, 0.25) is 0 Å². The number of aromatic nitrogens is 1. The molecule has 17 heavy (non-hydrogen) atoms.